The van der Waals surface area contributed by atoms with Crippen LogP contribution < -0.4 is 10.1 Å². The van der Waals surface area contributed by atoms with E-state index in [9.17, 15) is 4.79 Å². The van der Waals surface area contributed by atoms with Crippen molar-refractivity contribution in [1.29, 1.82) is 0 Å². The van der Waals surface area contributed by atoms with E-state index in [2.05, 4.69) is 24.4 Å². The summed E-state index contributed by atoms with van der Waals surface area (Å²) in [6, 6.07) is 4.12. The van der Waals surface area contributed by atoms with Gasteiger partial charge in [0.15, 0.2) is 6.10 Å². The number of hydrogen-bond donors (Lipinski definition) is 1. The van der Waals surface area contributed by atoms with Crippen LogP contribution in [0.4, 0.5) is 0 Å². The summed E-state index contributed by atoms with van der Waals surface area (Å²) >= 11 is 0. The van der Waals surface area contributed by atoms with Gasteiger partial charge in [-0.1, -0.05) is 17.7 Å². The molecule has 0 aromatic heterocycles. The third-order valence-corrected chi connectivity index (χ3v) is 4.31. The number of aryl methyl sites for hydroxylation is 2. The molecular weight excluding hydrogens is 274 g/mol. The Morgan fingerprint density at radius 3 is 2.73 bits per heavy atom. The third kappa shape index (κ3) is 4.36. The van der Waals surface area contributed by atoms with E-state index in [1.165, 1.54) is 24.0 Å². The molecule has 0 radical (unpaired) electrons. The van der Waals surface area contributed by atoms with Gasteiger partial charge in [-0.15, -0.1) is 0 Å². The van der Waals surface area contributed by atoms with Gasteiger partial charge in [-0.05, 0) is 76.1 Å². The molecule has 1 aliphatic rings. The van der Waals surface area contributed by atoms with Crippen molar-refractivity contribution >= 4 is 5.91 Å². The predicted molar refractivity (Wildman–Crippen MR) is 90.3 cm³/mol. The van der Waals surface area contributed by atoms with Gasteiger partial charge in [-0.25, -0.2) is 0 Å². The van der Waals surface area contributed by atoms with Gasteiger partial charge in [-0.3, -0.25) is 4.79 Å². The minimum Gasteiger partial charge on any atom is -0.481 e. The highest BCUT2D eigenvalue weighted by Crippen LogP contribution is 2.24. The van der Waals surface area contributed by atoms with Crippen LogP contribution in [0.5, 0.6) is 5.75 Å². The quantitative estimate of drug-likeness (QED) is 0.835. The van der Waals surface area contributed by atoms with Gasteiger partial charge < -0.3 is 10.1 Å². The fourth-order valence-electron chi connectivity index (χ4n) is 2.78. The van der Waals surface area contributed by atoms with E-state index in [0.717, 1.165) is 29.7 Å². The Hall–Kier alpha value is -1.77. The molecule has 1 N–H and O–H groups in total. The number of allylic oxidation sites excluding steroid dienone is 1. The minimum atomic E-state index is -0.482. The van der Waals surface area contributed by atoms with Crippen LogP contribution in [0, 0.1) is 20.8 Å². The van der Waals surface area contributed by atoms with Crippen molar-refractivity contribution in [2.75, 3.05) is 6.54 Å². The second-order valence-corrected chi connectivity index (χ2v) is 6.29. The Balaban J connectivity index is 1.92. The molecule has 1 aromatic rings. The molecule has 1 atom stereocenters. The number of carbonyl (C=O) groups excluding carboxylic acids is 1. The first-order valence-electron chi connectivity index (χ1n) is 8.17. The number of rotatable bonds is 5. The van der Waals surface area contributed by atoms with Crippen LogP contribution in [0.25, 0.3) is 0 Å². The fourth-order valence-corrected chi connectivity index (χ4v) is 2.78. The molecule has 22 heavy (non-hydrogen) atoms. The maximum Gasteiger partial charge on any atom is 0.261 e. The van der Waals surface area contributed by atoms with E-state index in [1.54, 1.807) is 0 Å². The van der Waals surface area contributed by atoms with Crippen molar-refractivity contribution in [3.63, 3.8) is 0 Å². The summed E-state index contributed by atoms with van der Waals surface area (Å²) in [5, 5.41) is 2.99. The summed E-state index contributed by atoms with van der Waals surface area (Å²) in [5.74, 6) is 0.752. The lowest BCUT2D eigenvalue weighted by atomic mass is 10.00. The number of benzene rings is 1. The molecule has 1 unspecified atom stereocenters. The van der Waals surface area contributed by atoms with E-state index >= 15 is 0 Å². The van der Waals surface area contributed by atoms with Gasteiger partial charge in [0.25, 0.3) is 5.91 Å². The lowest BCUT2D eigenvalue weighted by molar-refractivity contribution is -0.127. The Morgan fingerprint density at radius 1 is 1.27 bits per heavy atom. The molecule has 1 amide bonds. The minimum absolute atomic E-state index is 0.0509. The molecule has 0 heterocycles. The van der Waals surface area contributed by atoms with Gasteiger partial charge in [0.2, 0.25) is 0 Å². The third-order valence-electron chi connectivity index (χ3n) is 4.31. The molecule has 0 fully saturated rings. The molecule has 1 aliphatic carbocycles. The lowest BCUT2D eigenvalue weighted by Gasteiger charge is -2.19. The summed E-state index contributed by atoms with van der Waals surface area (Å²) in [6.45, 7) is 8.59. The number of carbonyl (C=O) groups is 1. The topological polar surface area (TPSA) is 38.3 Å². The average molecular weight is 301 g/mol. The van der Waals surface area contributed by atoms with Gasteiger partial charge in [0.05, 0.1) is 0 Å². The Kier molecular flexibility index (Phi) is 5.64. The highest BCUT2D eigenvalue weighted by atomic mass is 16.5. The molecule has 0 bridgehead atoms. The van der Waals surface area contributed by atoms with Gasteiger partial charge in [-0.2, -0.15) is 0 Å². The normalized spacial score (nSPS) is 15.9. The maximum absolute atomic E-state index is 12.2. The van der Waals surface area contributed by atoms with Gasteiger partial charge in [0, 0.05) is 6.54 Å². The summed E-state index contributed by atoms with van der Waals surface area (Å²) < 4.78 is 5.88. The maximum atomic E-state index is 12.2. The second kappa shape index (κ2) is 7.48. The van der Waals surface area contributed by atoms with Crippen LogP contribution in [0.2, 0.25) is 0 Å². The monoisotopic (exact) mass is 301 g/mol. The molecule has 3 nitrogen and oxygen atoms in total. The first-order chi connectivity index (χ1) is 10.5. The summed E-state index contributed by atoms with van der Waals surface area (Å²) in [5.41, 5.74) is 4.78. The zero-order valence-electron chi connectivity index (χ0n) is 14.2. The number of nitrogens with one attached hydrogen (secondary N) is 1. The van der Waals surface area contributed by atoms with Crippen molar-refractivity contribution in [1.82, 2.24) is 5.32 Å². The van der Waals surface area contributed by atoms with E-state index in [0.29, 0.717) is 6.54 Å². The first-order valence-corrected chi connectivity index (χ1v) is 8.17. The summed E-state index contributed by atoms with van der Waals surface area (Å²) in [4.78, 5) is 12.2. The van der Waals surface area contributed by atoms with Crippen LogP contribution in [0.1, 0.15) is 49.3 Å². The standard InChI is InChI=1S/C19H27NO2/c1-13-10-14(2)15(3)18(11-13)22-16(4)19(21)20-12-17-8-6-5-7-9-17/h8,10-11,16H,5-7,9,12H2,1-4H3,(H,20,21). The van der Waals surface area contributed by atoms with Gasteiger partial charge in [0.1, 0.15) is 5.75 Å². The molecule has 0 saturated heterocycles. The zero-order chi connectivity index (χ0) is 16.1. The lowest BCUT2D eigenvalue weighted by Crippen LogP contribution is -2.37. The molecule has 0 saturated carbocycles. The molecule has 120 valence electrons. The Labute approximate surface area is 133 Å². The smallest absolute Gasteiger partial charge is 0.261 e. The fraction of sp³-hybridized carbons (Fsp3) is 0.526. The second-order valence-electron chi connectivity index (χ2n) is 6.29. The van der Waals surface area contributed by atoms with Crippen LogP contribution in [0.3, 0.4) is 0 Å². The highest BCUT2D eigenvalue weighted by Gasteiger charge is 2.16. The molecule has 1 aromatic carbocycles. The van der Waals surface area contributed by atoms with Crippen LogP contribution in [0.15, 0.2) is 23.8 Å². The summed E-state index contributed by atoms with van der Waals surface area (Å²) in [7, 11) is 0. The van der Waals surface area contributed by atoms with Gasteiger partial charge >= 0.3 is 0 Å². The molecule has 2 rings (SSSR count). The average Bonchev–Trinajstić information content (AvgIpc) is 2.50. The van der Waals surface area contributed by atoms with Crippen molar-refractivity contribution < 1.29 is 9.53 Å². The Bertz CT molecular complexity index is 575. The van der Waals surface area contributed by atoms with Crippen molar-refractivity contribution in [2.45, 2.75) is 59.5 Å². The molecule has 0 spiro atoms. The number of ether oxygens (including phenoxy) is 1. The Morgan fingerprint density at radius 2 is 2.05 bits per heavy atom. The molecule has 0 aliphatic heterocycles. The van der Waals surface area contributed by atoms with E-state index in [1.807, 2.05) is 26.8 Å². The van der Waals surface area contributed by atoms with Crippen molar-refractivity contribution in [2.24, 2.45) is 0 Å². The first kappa shape index (κ1) is 16.6. The number of amides is 1. The summed E-state index contributed by atoms with van der Waals surface area (Å²) in [6.07, 6.45) is 6.51. The van der Waals surface area contributed by atoms with Crippen LogP contribution in [-0.2, 0) is 4.79 Å². The SMILES string of the molecule is Cc1cc(C)c(C)c(OC(C)C(=O)NCC2=CCCCC2)c1. The largest absolute Gasteiger partial charge is 0.481 e. The van der Waals surface area contributed by atoms with E-state index in [-0.39, 0.29) is 5.91 Å². The molecule has 3 heteroatoms. The number of hydrogen-bond acceptors (Lipinski definition) is 2. The van der Waals surface area contributed by atoms with Crippen molar-refractivity contribution in [3.8, 4) is 5.75 Å². The highest BCUT2D eigenvalue weighted by molar-refractivity contribution is 5.81. The van der Waals surface area contributed by atoms with Crippen LogP contribution >= 0.6 is 0 Å². The molecular formula is C19H27NO2. The zero-order valence-corrected chi connectivity index (χ0v) is 14.2. The predicted octanol–water partition coefficient (Wildman–Crippen LogP) is 4.00. The van der Waals surface area contributed by atoms with E-state index < -0.39 is 6.10 Å². The van der Waals surface area contributed by atoms with Crippen molar-refractivity contribution in [3.05, 3.63) is 40.5 Å². The van der Waals surface area contributed by atoms with E-state index in [4.69, 9.17) is 4.74 Å². The van der Waals surface area contributed by atoms with Crippen LogP contribution in [-0.4, -0.2) is 18.6 Å².